The Labute approximate surface area is 140 Å². The zero-order valence-corrected chi connectivity index (χ0v) is 13.8. The normalized spacial score (nSPS) is 25.2. The SMILES string of the molecule is COC(=O)[C@@H]1N[C@@H](Cc2c[nH]c3ccccc23)C(=O)N(C)C12CC2. The minimum Gasteiger partial charge on any atom is -0.468 e. The smallest absolute Gasteiger partial charge is 0.325 e. The van der Waals surface area contributed by atoms with Crippen molar-refractivity contribution >= 4 is 22.8 Å². The number of carbonyl (C=O) groups is 2. The molecule has 6 nitrogen and oxygen atoms in total. The lowest BCUT2D eigenvalue weighted by atomic mass is 9.94. The van der Waals surface area contributed by atoms with E-state index in [0.29, 0.717) is 6.42 Å². The van der Waals surface area contributed by atoms with Gasteiger partial charge in [0.25, 0.3) is 0 Å². The van der Waals surface area contributed by atoms with Crippen molar-refractivity contribution in [2.75, 3.05) is 14.2 Å². The fourth-order valence-corrected chi connectivity index (χ4v) is 3.90. The Kier molecular flexibility index (Phi) is 3.38. The Morgan fingerprint density at radius 1 is 1.38 bits per heavy atom. The fourth-order valence-electron chi connectivity index (χ4n) is 3.90. The average molecular weight is 327 g/mol. The first-order chi connectivity index (χ1) is 11.6. The summed E-state index contributed by atoms with van der Waals surface area (Å²) in [6, 6.07) is 7.13. The standard InChI is InChI=1S/C18H21N3O3/c1-21-16(22)14(20-15(17(23)24-2)18(21)7-8-18)9-11-10-19-13-6-4-3-5-12(11)13/h3-6,10,14-15,19-20H,7-9H2,1-2H3/t14-,15-/m0/s1. The second kappa shape index (κ2) is 5.34. The molecule has 4 rings (SSSR count). The number of methoxy groups -OCH3 is 1. The first kappa shape index (κ1) is 15.2. The number of aromatic amines is 1. The first-order valence-electron chi connectivity index (χ1n) is 8.23. The lowest BCUT2D eigenvalue weighted by Gasteiger charge is -2.42. The van der Waals surface area contributed by atoms with Crippen LogP contribution in [0, 0.1) is 0 Å². The molecular weight excluding hydrogens is 306 g/mol. The largest absolute Gasteiger partial charge is 0.468 e. The maximum atomic E-state index is 12.8. The molecule has 1 amide bonds. The van der Waals surface area contributed by atoms with Crippen LogP contribution in [0.5, 0.6) is 0 Å². The molecular formula is C18H21N3O3. The van der Waals surface area contributed by atoms with Crippen LogP contribution in [0.1, 0.15) is 18.4 Å². The van der Waals surface area contributed by atoms with E-state index in [-0.39, 0.29) is 11.9 Å². The summed E-state index contributed by atoms with van der Waals surface area (Å²) >= 11 is 0. The molecule has 0 bridgehead atoms. The number of aromatic nitrogens is 1. The van der Waals surface area contributed by atoms with Gasteiger partial charge in [0.15, 0.2) is 0 Å². The van der Waals surface area contributed by atoms with Gasteiger partial charge in [-0.25, -0.2) is 0 Å². The Morgan fingerprint density at radius 3 is 2.83 bits per heavy atom. The number of amides is 1. The van der Waals surface area contributed by atoms with Crippen molar-refractivity contribution in [3.63, 3.8) is 0 Å². The lowest BCUT2D eigenvalue weighted by molar-refractivity contribution is -0.153. The predicted molar refractivity (Wildman–Crippen MR) is 89.5 cm³/mol. The number of hydrogen-bond donors (Lipinski definition) is 2. The van der Waals surface area contributed by atoms with Crippen LogP contribution in [0.2, 0.25) is 0 Å². The maximum absolute atomic E-state index is 12.8. The third kappa shape index (κ3) is 2.13. The van der Waals surface area contributed by atoms with E-state index in [0.717, 1.165) is 29.3 Å². The Morgan fingerprint density at radius 2 is 2.12 bits per heavy atom. The van der Waals surface area contributed by atoms with Gasteiger partial charge in [0.05, 0.1) is 18.7 Å². The summed E-state index contributed by atoms with van der Waals surface area (Å²) in [7, 11) is 3.19. The minimum atomic E-state index is -0.458. The quantitative estimate of drug-likeness (QED) is 0.831. The van der Waals surface area contributed by atoms with Gasteiger partial charge in [0.2, 0.25) is 5.91 Å². The molecule has 2 atom stereocenters. The van der Waals surface area contributed by atoms with Crippen LogP contribution in [0.25, 0.3) is 10.9 Å². The maximum Gasteiger partial charge on any atom is 0.325 e. The summed E-state index contributed by atoms with van der Waals surface area (Å²) in [5.74, 6) is -0.256. The van der Waals surface area contributed by atoms with Crippen LogP contribution in [-0.2, 0) is 20.7 Å². The van der Waals surface area contributed by atoms with Crippen molar-refractivity contribution in [2.24, 2.45) is 0 Å². The summed E-state index contributed by atoms with van der Waals surface area (Å²) in [4.78, 5) is 30.0. The molecule has 1 saturated carbocycles. The summed E-state index contributed by atoms with van der Waals surface area (Å²) < 4.78 is 4.96. The van der Waals surface area contributed by atoms with Crippen LogP contribution in [0.3, 0.4) is 0 Å². The van der Waals surface area contributed by atoms with Gasteiger partial charge in [0.1, 0.15) is 6.04 Å². The highest BCUT2D eigenvalue weighted by atomic mass is 16.5. The van der Waals surface area contributed by atoms with Gasteiger partial charge < -0.3 is 14.6 Å². The number of nitrogens with zero attached hydrogens (tertiary/aromatic N) is 1. The highest BCUT2D eigenvalue weighted by Crippen LogP contribution is 2.46. The highest BCUT2D eigenvalue weighted by molar-refractivity contribution is 5.90. The Hall–Kier alpha value is -2.34. The molecule has 1 aliphatic carbocycles. The number of hydrogen-bond acceptors (Lipinski definition) is 4. The number of ether oxygens (including phenoxy) is 1. The predicted octanol–water partition coefficient (Wildman–Crippen LogP) is 1.21. The lowest BCUT2D eigenvalue weighted by Crippen LogP contribution is -2.68. The van der Waals surface area contributed by atoms with E-state index in [9.17, 15) is 9.59 Å². The van der Waals surface area contributed by atoms with Crippen molar-refractivity contribution in [1.82, 2.24) is 15.2 Å². The second-order valence-electron chi connectivity index (χ2n) is 6.74. The second-order valence-corrected chi connectivity index (χ2v) is 6.74. The third-order valence-electron chi connectivity index (χ3n) is 5.50. The van der Waals surface area contributed by atoms with Gasteiger partial charge in [-0.2, -0.15) is 0 Å². The number of H-pyrrole nitrogens is 1. The number of para-hydroxylation sites is 1. The van der Waals surface area contributed by atoms with Gasteiger partial charge in [-0.1, -0.05) is 18.2 Å². The molecule has 1 spiro atoms. The van der Waals surface area contributed by atoms with Gasteiger partial charge in [-0.05, 0) is 30.9 Å². The van der Waals surface area contributed by atoms with Crippen molar-refractivity contribution in [3.05, 3.63) is 36.0 Å². The van der Waals surface area contributed by atoms with Crippen molar-refractivity contribution in [2.45, 2.75) is 36.9 Å². The van der Waals surface area contributed by atoms with E-state index in [2.05, 4.69) is 10.3 Å². The number of piperazine rings is 1. The van der Waals surface area contributed by atoms with Gasteiger partial charge in [-0.15, -0.1) is 0 Å². The molecule has 0 unspecified atom stereocenters. The molecule has 1 saturated heterocycles. The molecule has 2 fully saturated rings. The van der Waals surface area contributed by atoms with Crippen molar-refractivity contribution in [1.29, 1.82) is 0 Å². The van der Waals surface area contributed by atoms with E-state index in [1.807, 2.05) is 30.5 Å². The van der Waals surface area contributed by atoms with E-state index in [4.69, 9.17) is 4.74 Å². The molecule has 2 N–H and O–H groups in total. The monoisotopic (exact) mass is 327 g/mol. The highest BCUT2D eigenvalue weighted by Gasteiger charge is 2.61. The molecule has 2 aromatic rings. The molecule has 6 heteroatoms. The first-order valence-corrected chi connectivity index (χ1v) is 8.23. The minimum absolute atomic E-state index is 0.0398. The van der Waals surface area contributed by atoms with E-state index in [1.165, 1.54) is 7.11 Å². The fraction of sp³-hybridized carbons (Fsp3) is 0.444. The van der Waals surface area contributed by atoms with Crippen molar-refractivity contribution < 1.29 is 14.3 Å². The molecule has 126 valence electrons. The number of fused-ring (bicyclic) bond motifs is 1. The molecule has 2 heterocycles. The Bertz CT molecular complexity index is 809. The average Bonchev–Trinajstić information content (AvgIpc) is 3.30. The van der Waals surface area contributed by atoms with Gasteiger partial charge >= 0.3 is 5.97 Å². The van der Waals surface area contributed by atoms with E-state index >= 15 is 0 Å². The van der Waals surface area contributed by atoms with Crippen LogP contribution in [0.4, 0.5) is 0 Å². The van der Waals surface area contributed by atoms with E-state index in [1.54, 1.807) is 11.9 Å². The van der Waals surface area contributed by atoms with Crippen LogP contribution in [-0.4, -0.2) is 53.5 Å². The molecule has 1 aliphatic heterocycles. The van der Waals surface area contributed by atoms with Gasteiger partial charge in [-0.3, -0.25) is 14.9 Å². The molecule has 2 aliphatic rings. The number of rotatable bonds is 3. The topological polar surface area (TPSA) is 74.4 Å². The number of benzene rings is 1. The zero-order chi connectivity index (χ0) is 16.9. The summed E-state index contributed by atoms with van der Waals surface area (Å²) in [6.07, 6.45) is 4.15. The number of likely N-dealkylation sites (N-methyl/N-ethyl adjacent to an activating group) is 1. The number of esters is 1. The third-order valence-corrected chi connectivity index (χ3v) is 5.50. The van der Waals surface area contributed by atoms with Crippen molar-refractivity contribution in [3.8, 4) is 0 Å². The number of carbonyl (C=O) groups excluding carboxylic acids is 2. The summed E-state index contributed by atoms with van der Waals surface area (Å²) in [5.41, 5.74) is 1.72. The van der Waals surface area contributed by atoms with Gasteiger partial charge in [0, 0.05) is 24.1 Å². The van der Waals surface area contributed by atoms with Crippen LogP contribution >= 0.6 is 0 Å². The molecule has 1 aromatic heterocycles. The Balaban J connectivity index is 1.63. The summed E-state index contributed by atoms with van der Waals surface area (Å²) in [6.45, 7) is 0. The van der Waals surface area contributed by atoms with Crippen LogP contribution < -0.4 is 5.32 Å². The number of nitrogens with one attached hydrogen (secondary N) is 2. The molecule has 1 aromatic carbocycles. The molecule has 24 heavy (non-hydrogen) atoms. The zero-order valence-electron chi connectivity index (χ0n) is 13.8. The van der Waals surface area contributed by atoms with E-state index < -0.39 is 17.6 Å². The summed E-state index contributed by atoms with van der Waals surface area (Å²) in [5, 5.41) is 4.37. The van der Waals surface area contributed by atoms with Crippen LogP contribution in [0.15, 0.2) is 30.5 Å². The molecule has 0 radical (unpaired) electrons.